The van der Waals surface area contributed by atoms with Gasteiger partial charge in [-0.25, -0.2) is 0 Å². The molecule has 0 aliphatic rings. The molecule has 0 heterocycles. The van der Waals surface area contributed by atoms with Crippen LogP contribution in [0, 0.1) is 0 Å². The summed E-state index contributed by atoms with van der Waals surface area (Å²) in [6.45, 7) is 0. The molecule has 2 rings (SSSR count). The van der Waals surface area contributed by atoms with Crippen LogP contribution in [0.1, 0.15) is 0 Å². The highest BCUT2D eigenvalue weighted by atomic mass is 32.2. The molecule has 0 aliphatic heterocycles. The summed E-state index contributed by atoms with van der Waals surface area (Å²) in [6, 6.07) is 14.6. The number of thioether (sulfide) groups is 1. The zero-order valence-electron chi connectivity index (χ0n) is 9.37. The zero-order chi connectivity index (χ0) is 12.1. The molecule has 0 unspecified atom stereocenters. The second kappa shape index (κ2) is 5.50. The molecule has 0 aromatic heterocycles. The Labute approximate surface area is 104 Å². The van der Waals surface area contributed by atoms with Gasteiger partial charge < -0.3 is 5.11 Å². The topological polar surface area (TPSA) is 45.0 Å². The van der Waals surface area contributed by atoms with Gasteiger partial charge in [0.25, 0.3) is 0 Å². The third-order valence-corrected chi connectivity index (χ3v) is 3.02. The van der Waals surface area contributed by atoms with E-state index in [1.54, 1.807) is 30.0 Å². The van der Waals surface area contributed by atoms with Crippen LogP contribution in [0.5, 0.6) is 5.75 Å². The van der Waals surface area contributed by atoms with Crippen LogP contribution in [0.4, 0.5) is 11.4 Å². The quantitative estimate of drug-likeness (QED) is 0.636. The van der Waals surface area contributed by atoms with Crippen molar-refractivity contribution in [3.05, 3.63) is 48.5 Å². The molecule has 0 saturated heterocycles. The third-order valence-electron chi connectivity index (χ3n) is 2.23. The Morgan fingerprint density at radius 2 is 1.47 bits per heavy atom. The Morgan fingerprint density at radius 1 is 0.882 bits per heavy atom. The first-order valence-electron chi connectivity index (χ1n) is 5.14. The minimum absolute atomic E-state index is 0.137. The standard InChI is InChI=1S/C13H12N2OS/c1-17-13-9-5-3-7-11(13)15-14-10-6-2-4-8-12(10)16/h2-9,16H,1H3. The van der Waals surface area contributed by atoms with E-state index in [-0.39, 0.29) is 5.75 Å². The average Bonchev–Trinajstić information content (AvgIpc) is 2.38. The maximum absolute atomic E-state index is 9.56. The lowest BCUT2D eigenvalue weighted by Gasteiger charge is -2.00. The van der Waals surface area contributed by atoms with E-state index in [1.807, 2.05) is 36.6 Å². The molecule has 1 N–H and O–H groups in total. The summed E-state index contributed by atoms with van der Waals surface area (Å²) in [7, 11) is 0. The van der Waals surface area contributed by atoms with Crippen molar-refractivity contribution in [3.63, 3.8) is 0 Å². The molecule has 3 nitrogen and oxygen atoms in total. The van der Waals surface area contributed by atoms with Gasteiger partial charge in [0.1, 0.15) is 11.4 Å². The number of para-hydroxylation sites is 1. The fourth-order valence-corrected chi connectivity index (χ4v) is 1.90. The van der Waals surface area contributed by atoms with E-state index in [0.717, 1.165) is 10.6 Å². The van der Waals surface area contributed by atoms with Gasteiger partial charge in [0, 0.05) is 4.90 Å². The smallest absolute Gasteiger partial charge is 0.143 e. The van der Waals surface area contributed by atoms with Crippen LogP contribution in [0.25, 0.3) is 0 Å². The predicted octanol–water partition coefficient (Wildman–Crippen LogP) is 4.53. The van der Waals surface area contributed by atoms with Gasteiger partial charge in [-0.05, 0) is 30.5 Å². The van der Waals surface area contributed by atoms with E-state index in [9.17, 15) is 5.11 Å². The fraction of sp³-hybridized carbons (Fsp3) is 0.0769. The first kappa shape index (κ1) is 11.7. The van der Waals surface area contributed by atoms with Crippen molar-refractivity contribution in [2.24, 2.45) is 10.2 Å². The number of phenolic OH excluding ortho intramolecular Hbond substituents is 1. The molecule has 0 fully saturated rings. The van der Waals surface area contributed by atoms with Crippen LogP contribution in [0.2, 0.25) is 0 Å². The van der Waals surface area contributed by atoms with Gasteiger partial charge in [0.2, 0.25) is 0 Å². The largest absolute Gasteiger partial charge is 0.506 e. The number of azo groups is 1. The van der Waals surface area contributed by atoms with Crippen LogP contribution in [0.3, 0.4) is 0 Å². The van der Waals surface area contributed by atoms with Crippen molar-refractivity contribution in [2.45, 2.75) is 4.90 Å². The first-order chi connectivity index (χ1) is 8.31. The van der Waals surface area contributed by atoms with Gasteiger partial charge >= 0.3 is 0 Å². The van der Waals surface area contributed by atoms with E-state index in [4.69, 9.17) is 0 Å². The molecule has 17 heavy (non-hydrogen) atoms. The molecular weight excluding hydrogens is 232 g/mol. The lowest BCUT2D eigenvalue weighted by atomic mass is 10.3. The Balaban J connectivity index is 2.29. The number of rotatable bonds is 3. The molecule has 0 bridgehead atoms. The van der Waals surface area contributed by atoms with Crippen molar-refractivity contribution in [1.29, 1.82) is 0 Å². The van der Waals surface area contributed by atoms with Crippen molar-refractivity contribution in [1.82, 2.24) is 0 Å². The lowest BCUT2D eigenvalue weighted by Crippen LogP contribution is -1.71. The van der Waals surface area contributed by atoms with E-state index in [1.165, 1.54) is 0 Å². The number of benzene rings is 2. The Bertz CT molecular complexity index is 540. The van der Waals surface area contributed by atoms with Crippen LogP contribution >= 0.6 is 11.8 Å². The number of phenols is 1. The highest BCUT2D eigenvalue weighted by Crippen LogP contribution is 2.31. The SMILES string of the molecule is CSc1ccccc1N=Nc1ccccc1O. The Morgan fingerprint density at radius 3 is 2.18 bits per heavy atom. The molecule has 4 heteroatoms. The third kappa shape index (κ3) is 2.85. The fourth-order valence-electron chi connectivity index (χ4n) is 1.37. The van der Waals surface area contributed by atoms with Crippen LogP contribution in [-0.2, 0) is 0 Å². The lowest BCUT2D eigenvalue weighted by molar-refractivity contribution is 0.476. The summed E-state index contributed by atoms with van der Waals surface area (Å²) >= 11 is 1.62. The van der Waals surface area contributed by atoms with Crippen molar-refractivity contribution in [2.75, 3.05) is 6.26 Å². The molecule has 0 atom stereocenters. The van der Waals surface area contributed by atoms with Gasteiger partial charge in [-0.1, -0.05) is 24.3 Å². The first-order valence-corrected chi connectivity index (χ1v) is 6.36. The highest BCUT2D eigenvalue weighted by Gasteiger charge is 2.00. The van der Waals surface area contributed by atoms with Gasteiger partial charge in [-0.3, -0.25) is 0 Å². The number of hydrogen-bond donors (Lipinski definition) is 1. The summed E-state index contributed by atoms with van der Waals surface area (Å²) in [6.07, 6.45) is 1.99. The average molecular weight is 244 g/mol. The molecule has 0 spiro atoms. The monoisotopic (exact) mass is 244 g/mol. The Kier molecular flexibility index (Phi) is 3.77. The minimum Gasteiger partial charge on any atom is -0.506 e. The second-order valence-corrected chi connectivity index (χ2v) is 4.21. The maximum atomic E-state index is 9.56. The van der Waals surface area contributed by atoms with Crippen LogP contribution in [-0.4, -0.2) is 11.4 Å². The van der Waals surface area contributed by atoms with E-state index >= 15 is 0 Å². The Hall–Kier alpha value is -1.81. The molecule has 0 amide bonds. The molecule has 86 valence electrons. The molecule has 2 aromatic rings. The van der Waals surface area contributed by atoms with Crippen LogP contribution in [0.15, 0.2) is 63.7 Å². The zero-order valence-corrected chi connectivity index (χ0v) is 10.2. The minimum atomic E-state index is 0.137. The normalized spacial score (nSPS) is 10.9. The van der Waals surface area contributed by atoms with Crippen molar-refractivity contribution < 1.29 is 5.11 Å². The van der Waals surface area contributed by atoms with Crippen molar-refractivity contribution in [3.8, 4) is 5.75 Å². The van der Waals surface area contributed by atoms with Crippen LogP contribution < -0.4 is 0 Å². The van der Waals surface area contributed by atoms with Gasteiger partial charge in [-0.2, -0.15) is 0 Å². The molecule has 0 radical (unpaired) electrons. The maximum Gasteiger partial charge on any atom is 0.143 e. The summed E-state index contributed by atoms with van der Waals surface area (Å²) in [5.41, 5.74) is 1.28. The highest BCUT2D eigenvalue weighted by molar-refractivity contribution is 7.98. The number of nitrogens with zero attached hydrogens (tertiary/aromatic N) is 2. The molecule has 0 aliphatic carbocycles. The van der Waals surface area contributed by atoms with E-state index in [2.05, 4.69) is 10.2 Å². The van der Waals surface area contributed by atoms with E-state index in [0.29, 0.717) is 5.69 Å². The summed E-state index contributed by atoms with van der Waals surface area (Å²) < 4.78 is 0. The number of aromatic hydroxyl groups is 1. The van der Waals surface area contributed by atoms with Gasteiger partial charge in [0.05, 0.1) is 5.69 Å². The molecular formula is C13H12N2OS. The van der Waals surface area contributed by atoms with E-state index < -0.39 is 0 Å². The predicted molar refractivity (Wildman–Crippen MR) is 70.5 cm³/mol. The molecule has 2 aromatic carbocycles. The van der Waals surface area contributed by atoms with Gasteiger partial charge in [-0.15, -0.1) is 22.0 Å². The summed E-state index contributed by atoms with van der Waals surface area (Å²) in [5, 5.41) is 17.8. The summed E-state index contributed by atoms with van der Waals surface area (Å²) in [4.78, 5) is 1.06. The number of hydrogen-bond acceptors (Lipinski definition) is 4. The summed E-state index contributed by atoms with van der Waals surface area (Å²) in [5.74, 6) is 0.137. The van der Waals surface area contributed by atoms with Gasteiger partial charge in [0.15, 0.2) is 0 Å². The molecule has 0 saturated carbocycles. The van der Waals surface area contributed by atoms with Crippen molar-refractivity contribution >= 4 is 23.1 Å². The second-order valence-electron chi connectivity index (χ2n) is 3.36.